The van der Waals surface area contributed by atoms with Crippen molar-refractivity contribution in [1.82, 2.24) is 9.55 Å². The Morgan fingerprint density at radius 3 is 2.76 bits per heavy atom. The van der Waals surface area contributed by atoms with Crippen LogP contribution in [0.2, 0.25) is 0 Å². The van der Waals surface area contributed by atoms with Gasteiger partial charge in [-0.15, -0.1) is 6.58 Å². The normalized spacial score (nSPS) is 12.1. The number of rotatable bonds is 6. The minimum Gasteiger partial charge on any atom is -0.325 e. The van der Waals surface area contributed by atoms with Crippen LogP contribution in [-0.4, -0.2) is 20.7 Å². The van der Waals surface area contributed by atoms with Crippen LogP contribution in [0.4, 0.5) is 10.1 Å². The number of imidazole rings is 1. The summed E-state index contributed by atoms with van der Waals surface area (Å²) in [4.78, 5) is 17.0. The second-order valence-corrected chi connectivity index (χ2v) is 6.85. The van der Waals surface area contributed by atoms with Gasteiger partial charge in [-0.05, 0) is 43.3 Å². The van der Waals surface area contributed by atoms with Crippen molar-refractivity contribution in [2.45, 2.75) is 23.9 Å². The Balaban J connectivity index is 1.77. The quantitative estimate of drug-likeness (QED) is 0.524. The number of anilines is 1. The summed E-state index contributed by atoms with van der Waals surface area (Å²) in [7, 11) is 0. The second-order valence-electron chi connectivity index (χ2n) is 5.54. The van der Waals surface area contributed by atoms with Crippen molar-refractivity contribution >= 4 is 34.4 Å². The van der Waals surface area contributed by atoms with Gasteiger partial charge >= 0.3 is 0 Å². The molecule has 1 amide bonds. The molecule has 25 heavy (non-hydrogen) atoms. The predicted molar refractivity (Wildman–Crippen MR) is 100 cm³/mol. The first-order chi connectivity index (χ1) is 12.1. The summed E-state index contributed by atoms with van der Waals surface area (Å²) in [5.41, 5.74) is 2.47. The Morgan fingerprint density at radius 2 is 2.04 bits per heavy atom. The number of nitrogens with one attached hydrogen (secondary N) is 1. The number of carbonyl (C=O) groups is 1. The van der Waals surface area contributed by atoms with E-state index >= 15 is 0 Å². The average molecular weight is 355 g/mol. The van der Waals surface area contributed by atoms with Crippen molar-refractivity contribution in [2.24, 2.45) is 0 Å². The molecular formula is C19H18FN3OS. The highest BCUT2D eigenvalue weighted by Crippen LogP contribution is 2.28. The van der Waals surface area contributed by atoms with Crippen molar-refractivity contribution < 1.29 is 9.18 Å². The van der Waals surface area contributed by atoms with Crippen LogP contribution in [0.1, 0.15) is 6.92 Å². The molecule has 128 valence electrons. The minimum absolute atomic E-state index is 0.159. The molecule has 0 unspecified atom stereocenters. The van der Waals surface area contributed by atoms with E-state index in [0.717, 1.165) is 16.2 Å². The highest BCUT2D eigenvalue weighted by atomic mass is 32.2. The van der Waals surface area contributed by atoms with Gasteiger partial charge in [0.1, 0.15) is 5.82 Å². The molecule has 0 saturated heterocycles. The van der Waals surface area contributed by atoms with Crippen LogP contribution in [0.5, 0.6) is 0 Å². The standard InChI is InChI=1S/C19H18FN3OS/c1-3-12-23-17-7-5-4-6-16(17)22-19(23)25-13(2)18(24)21-15-10-8-14(20)9-11-15/h3-11,13H,1,12H2,2H3,(H,21,24)/t13-/m1/s1. The molecular weight excluding hydrogens is 337 g/mol. The van der Waals surface area contributed by atoms with E-state index in [9.17, 15) is 9.18 Å². The van der Waals surface area contributed by atoms with E-state index < -0.39 is 0 Å². The van der Waals surface area contributed by atoms with Crippen molar-refractivity contribution in [2.75, 3.05) is 5.32 Å². The molecule has 0 saturated carbocycles. The number of halogens is 1. The molecule has 3 rings (SSSR count). The van der Waals surface area contributed by atoms with Crippen LogP contribution in [0.3, 0.4) is 0 Å². The fourth-order valence-corrected chi connectivity index (χ4v) is 3.37. The molecule has 4 nitrogen and oxygen atoms in total. The first kappa shape index (κ1) is 17.2. The average Bonchev–Trinajstić information content (AvgIpc) is 2.95. The van der Waals surface area contributed by atoms with E-state index in [-0.39, 0.29) is 17.0 Å². The van der Waals surface area contributed by atoms with Gasteiger partial charge in [0, 0.05) is 12.2 Å². The molecule has 1 aromatic heterocycles. The number of carbonyl (C=O) groups excluding carboxylic acids is 1. The number of hydrogen-bond acceptors (Lipinski definition) is 3. The molecule has 2 aromatic carbocycles. The molecule has 3 aromatic rings. The number of aromatic nitrogens is 2. The summed E-state index contributed by atoms with van der Waals surface area (Å²) >= 11 is 1.38. The highest BCUT2D eigenvalue weighted by Gasteiger charge is 2.19. The maximum Gasteiger partial charge on any atom is 0.237 e. The Kier molecular flexibility index (Phi) is 5.19. The SMILES string of the molecule is C=CCn1c(S[C@H](C)C(=O)Nc2ccc(F)cc2)nc2ccccc21. The number of benzene rings is 2. The Morgan fingerprint density at radius 1 is 1.32 bits per heavy atom. The Bertz CT molecular complexity index is 905. The van der Waals surface area contributed by atoms with Crippen molar-refractivity contribution in [3.63, 3.8) is 0 Å². The van der Waals surface area contributed by atoms with Gasteiger partial charge in [0.15, 0.2) is 5.16 Å². The first-order valence-electron chi connectivity index (χ1n) is 7.87. The van der Waals surface area contributed by atoms with Crippen LogP contribution in [0.25, 0.3) is 11.0 Å². The molecule has 1 atom stereocenters. The van der Waals surface area contributed by atoms with E-state index in [2.05, 4.69) is 16.9 Å². The molecule has 0 fully saturated rings. The van der Waals surface area contributed by atoms with E-state index in [1.54, 1.807) is 6.08 Å². The molecule has 1 N–H and O–H groups in total. The molecule has 6 heteroatoms. The third kappa shape index (κ3) is 3.91. The van der Waals surface area contributed by atoms with Crippen molar-refractivity contribution in [3.8, 4) is 0 Å². The summed E-state index contributed by atoms with van der Waals surface area (Å²) in [5.74, 6) is -0.493. The second kappa shape index (κ2) is 7.53. The van der Waals surface area contributed by atoms with Gasteiger partial charge in [-0.2, -0.15) is 0 Å². The number of amides is 1. The van der Waals surface area contributed by atoms with E-state index in [0.29, 0.717) is 12.2 Å². The number of para-hydroxylation sites is 2. The number of hydrogen-bond donors (Lipinski definition) is 1. The number of nitrogens with zero attached hydrogens (tertiary/aromatic N) is 2. The topological polar surface area (TPSA) is 46.9 Å². The predicted octanol–water partition coefficient (Wildman–Crippen LogP) is 4.48. The zero-order chi connectivity index (χ0) is 17.8. The third-order valence-corrected chi connectivity index (χ3v) is 4.78. The first-order valence-corrected chi connectivity index (χ1v) is 8.75. The number of thioether (sulfide) groups is 1. The van der Waals surface area contributed by atoms with Gasteiger partial charge in [0.2, 0.25) is 5.91 Å². The van der Waals surface area contributed by atoms with Gasteiger partial charge in [-0.1, -0.05) is 30.0 Å². The number of fused-ring (bicyclic) bond motifs is 1. The lowest BCUT2D eigenvalue weighted by molar-refractivity contribution is -0.115. The largest absolute Gasteiger partial charge is 0.325 e. The lowest BCUT2D eigenvalue weighted by Gasteiger charge is -2.12. The summed E-state index contributed by atoms with van der Waals surface area (Å²) in [5, 5.41) is 3.20. The van der Waals surface area contributed by atoms with Crippen LogP contribution in [-0.2, 0) is 11.3 Å². The Hall–Kier alpha value is -2.60. The minimum atomic E-state index is -0.356. The van der Waals surface area contributed by atoms with Crippen LogP contribution < -0.4 is 5.32 Å². The fourth-order valence-electron chi connectivity index (χ4n) is 2.44. The van der Waals surface area contributed by atoms with Crippen LogP contribution >= 0.6 is 11.8 Å². The monoisotopic (exact) mass is 355 g/mol. The lowest BCUT2D eigenvalue weighted by atomic mass is 10.3. The molecule has 1 heterocycles. The zero-order valence-corrected chi connectivity index (χ0v) is 14.6. The molecule has 0 aliphatic rings. The van der Waals surface area contributed by atoms with Gasteiger partial charge in [0.05, 0.1) is 16.3 Å². The van der Waals surface area contributed by atoms with Crippen LogP contribution in [0.15, 0.2) is 66.3 Å². The summed E-state index contributed by atoms with van der Waals surface area (Å²) in [6.45, 7) is 6.23. The van der Waals surface area contributed by atoms with Gasteiger partial charge in [-0.3, -0.25) is 4.79 Å². The van der Waals surface area contributed by atoms with E-state index in [4.69, 9.17) is 0 Å². The summed E-state index contributed by atoms with van der Waals surface area (Å²) in [6.07, 6.45) is 1.81. The van der Waals surface area contributed by atoms with Crippen LogP contribution in [0, 0.1) is 5.82 Å². The zero-order valence-electron chi connectivity index (χ0n) is 13.8. The smallest absolute Gasteiger partial charge is 0.237 e. The summed E-state index contributed by atoms with van der Waals surface area (Å²) in [6, 6.07) is 13.6. The van der Waals surface area contributed by atoms with Gasteiger partial charge < -0.3 is 9.88 Å². The van der Waals surface area contributed by atoms with Gasteiger partial charge in [0.25, 0.3) is 0 Å². The summed E-state index contributed by atoms with van der Waals surface area (Å²) < 4.78 is 15.0. The number of allylic oxidation sites excluding steroid dienone is 1. The molecule has 0 bridgehead atoms. The lowest BCUT2D eigenvalue weighted by Crippen LogP contribution is -2.22. The fraction of sp³-hybridized carbons (Fsp3) is 0.158. The Labute approximate surface area is 149 Å². The maximum absolute atomic E-state index is 13.0. The van der Waals surface area contributed by atoms with E-state index in [1.165, 1.54) is 36.0 Å². The van der Waals surface area contributed by atoms with Gasteiger partial charge in [-0.25, -0.2) is 9.37 Å². The molecule has 0 aliphatic carbocycles. The van der Waals surface area contributed by atoms with E-state index in [1.807, 2.05) is 35.8 Å². The molecule has 0 aliphatic heterocycles. The molecule has 0 radical (unpaired) electrons. The van der Waals surface area contributed by atoms with Crippen molar-refractivity contribution in [3.05, 3.63) is 67.0 Å². The molecule has 0 spiro atoms. The maximum atomic E-state index is 13.0. The third-order valence-electron chi connectivity index (χ3n) is 3.69. The highest BCUT2D eigenvalue weighted by molar-refractivity contribution is 8.00. The van der Waals surface area contributed by atoms with Crippen molar-refractivity contribution in [1.29, 1.82) is 0 Å².